The molecule has 0 bridgehead atoms. The second-order valence-electron chi connectivity index (χ2n) is 6.44. The van der Waals surface area contributed by atoms with Crippen molar-refractivity contribution in [2.24, 2.45) is 5.10 Å². The molecule has 2 aromatic rings. The van der Waals surface area contributed by atoms with Crippen LogP contribution in [-0.2, 0) is 0 Å². The van der Waals surface area contributed by atoms with Gasteiger partial charge in [0.15, 0.2) is 0 Å². The number of para-hydroxylation sites is 1. The van der Waals surface area contributed by atoms with Crippen LogP contribution in [0.1, 0.15) is 19.4 Å². The minimum absolute atomic E-state index is 0.279. The van der Waals surface area contributed by atoms with Gasteiger partial charge in [0.2, 0.25) is 0 Å². The molecule has 138 valence electrons. The van der Waals surface area contributed by atoms with Crippen LogP contribution in [0.4, 0.5) is 11.4 Å². The molecule has 0 unspecified atom stereocenters. The van der Waals surface area contributed by atoms with Crippen molar-refractivity contribution in [3.63, 3.8) is 0 Å². The van der Waals surface area contributed by atoms with Gasteiger partial charge >= 0.3 is 0 Å². The van der Waals surface area contributed by atoms with Gasteiger partial charge in [-0.15, -0.1) is 0 Å². The second-order valence-corrected chi connectivity index (χ2v) is 6.44. The van der Waals surface area contributed by atoms with E-state index in [2.05, 4.69) is 58.0 Å². The molecule has 0 spiro atoms. The summed E-state index contributed by atoms with van der Waals surface area (Å²) in [6.45, 7) is 9.75. The fourth-order valence-corrected chi connectivity index (χ4v) is 3.28. The molecule has 0 atom stereocenters. The maximum Gasteiger partial charge on any atom is 0.126 e. The van der Waals surface area contributed by atoms with Gasteiger partial charge in [-0.25, -0.2) is 0 Å². The average molecular weight is 352 g/mol. The second kappa shape index (κ2) is 8.61. The SMILES string of the molecule is CCN(CC)c1ccc(C=NN2CCN(c3ccccc3)CC2)c(O)c1. The number of nitrogens with zero attached hydrogens (tertiary/aromatic N) is 4. The maximum absolute atomic E-state index is 10.3. The lowest BCUT2D eigenvalue weighted by Gasteiger charge is -2.34. The number of aromatic hydroxyl groups is 1. The highest BCUT2D eigenvalue weighted by Gasteiger charge is 2.15. The molecule has 1 N–H and O–H groups in total. The van der Waals surface area contributed by atoms with Crippen molar-refractivity contribution in [1.82, 2.24) is 5.01 Å². The van der Waals surface area contributed by atoms with E-state index in [9.17, 15) is 5.11 Å². The van der Waals surface area contributed by atoms with Crippen LogP contribution in [-0.4, -0.2) is 55.6 Å². The summed E-state index contributed by atoms with van der Waals surface area (Å²) in [5.74, 6) is 0.279. The fourth-order valence-electron chi connectivity index (χ4n) is 3.28. The third-order valence-electron chi connectivity index (χ3n) is 4.88. The number of hydrogen-bond donors (Lipinski definition) is 1. The molecule has 0 aliphatic carbocycles. The summed E-state index contributed by atoms with van der Waals surface area (Å²) in [5, 5.41) is 16.9. The lowest BCUT2D eigenvalue weighted by atomic mass is 10.2. The van der Waals surface area contributed by atoms with Gasteiger partial charge < -0.3 is 14.9 Å². The summed E-state index contributed by atoms with van der Waals surface area (Å²) >= 11 is 0. The molecule has 5 heteroatoms. The Morgan fingerprint density at radius 2 is 1.69 bits per heavy atom. The molecule has 0 radical (unpaired) electrons. The normalized spacial score (nSPS) is 14.8. The first-order chi connectivity index (χ1) is 12.7. The molecule has 1 heterocycles. The van der Waals surface area contributed by atoms with Crippen LogP contribution in [0.15, 0.2) is 53.6 Å². The third-order valence-corrected chi connectivity index (χ3v) is 4.88. The molecule has 26 heavy (non-hydrogen) atoms. The van der Waals surface area contributed by atoms with Crippen molar-refractivity contribution in [3.05, 3.63) is 54.1 Å². The van der Waals surface area contributed by atoms with E-state index in [4.69, 9.17) is 0 Å². The molecule has 5 nitrogen and oxygen atoms in total. The van der Waals surface area contributed by atoms with Gasteiger partial charge in [-0.3, -0.25) is 5.01 Å². The molecular weight excluding hydrogens is 324 g/mol. The Kier molecular flexibility index (Phi) is 6.00. The van der Waals surface area contributed by atoms with Crippen LogP contribution in [0, 0.1) is 0 Å². The summed E-state index contributed by atoms with van der Waals surface area (Å²) in [5.41, 5.74) is 3.06. The standard InChI is InChI=1S/C21H28N4O/c1-3-23(4-2)20-11-10-18(21(26)16-20)17-22-25-14-12-24(13-15-25)19-8-6-5-7-9-19/h5-11,16-17,26H,3-4,12-15H2,1-2H3. The van der Waals surface area contributed by atoms with Gasteiger partial charge in [0, 0.05) is 49.2 Å². The minimum Gasteiger partial charge on any atom is -0.507 e. The molecule has 3 rings (SSSR count). The van der Waals surface area contributed by atoms with E-state index in [1.807, 2.05) is 24.3 Å². The van der Waals surface area contributed by atoms with Crippen molar-refractivity contribution >= 4 is 17.6 Å². The highest BCUT2D eigenvalue weighted by molar-refractivity contribution is 5.84. The van der Waals surface area contributed by atoms with E-state index < -0.39 is 0 Å². The summed E-state index contributed by atoms with van der Waals surface area (Å²) in [6, 6.07) is 16.3. The Morgan fingerprint density at radius 1 is 1.00 bits per heavy atom. The van der Waals surface area contributed by atoms with Crippen molar-refractivity contribution < 1.29 is 5.11 Å². The average Bonchev–Trinajstić information content (AvgIpc) is 2.69. The number of piperazine rings is 1. The molecule has 1 aliphatic rings. The number of phenols is 1. The molecule has 0 saturated carbocycles. The van der Waals surface area contributed by atoms with E-state index in [1.54, 1.807) is 6.21 Å². The van der Waals surface area contributed by atoms with Crippen molar-refractivity contribution in [3.8, 4) is 5.75 Å². The lowest BCUT2D eigenvalue weighted by molar-refractivity contribution is 0.272. The molecule has 0 amide bonds. The molecular formula is C21H28N4O. The highest BCUT2D eigenvalue weighted by Crippen LogP contribution is 2.24. The number of hydrogen-bond acceptors (Lipinski definition) is 5. The Bertz CT molecular complexity index is 720. The van der Waals surface area contributed by atoms with Crippen LogP contribution in [0.2, 0.25) is 0 Å². The molecule has 2 aromatic carbocycles. The molecule has 1 fully saturated rings. The number of anilines is 2. The number of hydrazone groups is 1. The topological polar surface area (TPSA) is 42.3 Å². The summed E-state index contributed by atoms with van der Waals surface area (Å²) in [6.07, 6.45) is 1.76. The van der Waals surface area contributed by atoms with E-state index in [1.165, 1.54) is 5.69 Å². The monoisotopic (exact) mass is 352 g/mol. The predicted octanol–water partition coefficient (Wildman–Crippen LogP) is 3.39. The minimum atomic E-state index is 0.279. The zero-order valence-electron chi connectivity index (χ0n) is 15.7. The number of benzene rings is 2. The van der Waals surface area contributed by atoms with Gasteiger partial charge in [0.1, 0.15) is 5.75 Å². The van der Waals surface area contributed by atoms with Crippen LogP contribution in [0.25, 0.3) is 0 Å². The van der Waals surface area contributed by atoms with E-state index >= 15 is 0 Å². The summed E-state index contributed by atoms with van der Waals surface area (Å²) in [4.78, 5) is 4.59. The summed E-state index contributed by atoms with van der Waals surface area (Å²) < 4.78 is 0. The number of rotatable bonds is 6. The van der Waals surface area contributed by atoms with Gasteiger partial charge in [0.25, 0.3) is 0 Å². The first kappa shape index (κ1) is 18.1. The van der Waals surface area contributed by atoms with Gasteiger partial charge in [-0.1, -0.05) is 18.2 Å². The maximum atomic E-state index is 10.3. The Balaban J connectivity index is 1.59. The van der Waals surface area contributed by atoms with Gasteiger partial charge in [-0.2, -0.15) is 5.10 Å². The fraction of sp³-hybridized carbons (Fsp3) is 0.381. The zero-order chi connectivity index (χ0) is 18.4. The molecule has 0 aromatic heterocycles. The van der Waals surface area contributed by atoms with Crippen molar-refractivity contribution in [2.45, 2.75) is 13.8 Å². The predicted molar refractivity (Wildman–Crippen MR) is 109 cm³/mol. The third kappa shape index (κ3) is 4.28. The Hall–Kier alpha value is -2.69. The van der Waals surface area contributed by atoms with E-state index in [-0.39, 0.29) is 5.75 Å². The Labute approximate surface area is 156 Å². The smallest absolute Gasteiger partial charge is 0.126 e. The number of phenolic OH excluding ortho intramolecular Hbond substituents is 1. The van der Waals surface area contributed by atoms with Crippen molar-refractivity contribution in [1.29, 1.82) is 0 Å². The summed E-state index contributed by atoms with van der Waals surface area (Å²) in [7, 11) is 0. The van der Waals surface area contributed by atoms with E-state index in [0.29, 0.717) is 0 Å². The van der Waals surface area contributed by atoms with Crippen molar-refractivity contribution in [2.75, 3.05) is 49.1 Å². The molecule has 1 saturated heterocycles. The van der Waals surface area contributed by atoms with Crippen LogP contribution >= 0.6 is 0 Å². The largest absolute Gasteiger partial charge is 0.507 e. The van der Waals surface area contributed by atoms with Gasteiger partial charge in [-0.05, 0) is 38.1 Å². The van der Waals surface area contributed by atoms with E-state index in [0.717, 1.165) is 50.5 Å². The van der Waals surface area contributed by atoms with Crippen LogP contribution in [0.5, 0.6) is 5.75 Å². The van der Waals surface area contributed by atoms with Crippen LogP contribution < -0.4 is 9.80 Å². The Morgan fingerprint density at radius 3 is 2.31 bits per heavy atom. The first-order valence-corrected chi connectivity index (χ1v) is 9.38. The molecule has 1 aliphatic heterocycles. The zero-order valence-corrected chi connectivity index (χ0v) is 15.7. The lowest BCUT2D eigenvalue weighted by Crippen LogP contribution is -2.44. The van der Waals surface area contributed by atoms with Gasteiger partial charge in [0.05, 0.1) is 19.3 Å². The highest BCUT2D eigenvalue weighted by atomic mass is 16.3. The first-order valence-electron chi connectivity index (χ1n) is 9.38. The van der Waals surface area contributed by atoms with Crippen LogP contribution in [0.3, 0.4) is 0 Å². The quantitative estimate of drug-likeness (QED) is 0.809.